The number of nitrogens with zero attached hydrogens (tertiary/aromatic N) is 1. The third-order valence-corrected chi connectivity index (χ3v) is 4.71. The molecule has 0 radical (unpaired) electrons. The molecule has 2 aliphatic carbocycles. The zero-order chi connectivity index (χ0) is 15.5. The van der Waals surface area contributed by atoms with Gasteiger partial charge in [-0.2, -0.15) is 0 Å². The first-order valence-electron chi connectivity index (χ1n) is 8.22. The van der Waals surface area contributed by atoms with E-state index in [9.17, 15) is 14.7 Å². The Morgan fingerprint density at radius 3 is 2.33 bits per heavy atom. The van der Waals surface area contributed by atoms with E-state index < -0.39 is 11.5 Å². The number of amides is 2. The van der Waals surface area contributed by atoms with Crippen LogP contribution in [0.3, 0.4) is 0 Å². The first-order valence-corrected chi connectivity index (χ1v) is 8.22. The van der Waals surface area contributed by atoms with Crippen molar-refractivity contribution in [2.24, 2.45) is 5.92 Å². The first-order chi connectivity index (χ1) is 9.92. The van der Waals surface area contributed by atoms with Gasteiger partial charge in [-0.3, -0.25) is 4.79 Å². The van der Waals surface area contributed by atoms with Crippen LogP contribution in [-0.2, 0) is 4.79 Å². The Morgan fingerprint density at radius 2 is 1.86 bits per heavy atom. The maximum Gasteiger partial charge on any atom is 0.318 e. The molecule has 0 aromatic heterocycles. The SMILES string of the molecule is CC(C)N(CC1CC1)C(=O)NC1(CC(=O)O)CCCCC1. The predicted octanol–water partition coefficient (Wildman–Crippen LogP) is 2.99. The Kier molecular flexibility index (Phi) is 5.12. The number of carbonyl (C=O) groups is 2. The van der Waals surface area contributed by atoms with Gasteiger partial charge in [0, 0.05) is 12.6 Å². The first kappa shape index (κ1) is 16.1. The van der Waals surface area contributed by atoms with Crippen molar-refractivity contribution in [3.05, 3.63) is 0 Å². The maximum absolute atomic E-state index is 12.6. The molecule has 2 rings (SSSR count). The summed E-state index contributed by atoms with van der Waals surface area (Å²) in [6, 6.07) is 0.0659. The Balaban J connectivity index is 2.02. The normalized spacial score (nSPS) is 21.1. The van der Waals surface area contributed by atoms with Crippen LogP contribution in [0.25, 0.3) is 0 Å². The van der Waals surface area contributed by atoms with Crippen molar-refractivity contribution in [1.82, 2.24) is 10.2 Å². The van der Waals surface area contributed by atoms with E-state index in [0.717, 1.165) is 38.6 Å². The molecule has 2 fully saturated rings. The molecule has 0 saturated heterocycles. The molecule has 0 atom stereocenters. The number of rotatable bonds is 6. The van der Waals surface area contributed by atoms with E-state index in [4.69, 9.17) is 0 Å². The summed E-state index contributed by atoms with van der Waals surface area (Å²) in [4.78, 5) is 25.7. The number of carboxylic acid groups (broad SMARTS) is 1. The second kappa shape index (κ2) is 6.67. The zero-order valence-electron chi connectivity index (χ0n) is 13.2. The Morgan fingerprint density at radius 1 is 1.24 bits per heavy atom. The number of carbonyl (C=O) groups excluding carboxylic acids is 1. The van der Waals surface area contributed by atoms with Crippen LogP contribution in [-0.4, -0.2) is 40.1 Å². The van der Waals surface area contributed by atoms with Gasteiger partial charge in [0.15, 0.2) is 0 Å². The summed E-state index contributed by atoms with van der Waals surface area (Å²) in [5, 5.41) is 12.3. The minimum atomic E-state index is -0.824. The summed E-state index contributed by atoms with van der Waals surface area (Å²) in [6.45, 7) is 4.84. The molecule has 21 heavy (non-hydrogen) atoms. The highest BCUT2D eigenvalue weighted by atomic mass is 16.4. The van der Waals surface area contributed by atoms with E-state index in [1.54, 1.807) is 0 Å². The van der Waals surface area contributed by atoms with Gasteiger partial charge in [-0.05, 0) is 45.4 Å². The fourth-order valence-electron chi connectivity index (χ4n) is 3.27. The lowest BCUT2D eigenvalue weighted by atomic mass is 9.79. The summed E-state index contributed by atoms with van der Waals surface area (Å²) < 4.78 is 0. The molecule has 0 unspecified atom stereocenters. The standard InChI is InChI=1S/C16H28N2O3/c1-12(2)18(11-13-6-7-13)15(21)17-16(10-14(19)20)8-4-3-5-9-16/h12-13H,3-11H2,1-2H3,(H,17,21)(H,19,20). The summed E-state index contributed by atoms with van der Waals surface area (Å²) in [6.07, 6.45) is 7.13. The van der Waals surface area contributed by atoms with Gasteiger partial charge in [0.2, 0.25) is 0 Å². The molecule has 2 saturated carbocycles. The molecular formula is C16H28N2O3. The average molecular weight is 296 g/mol. The number of hydrogen-bond donors (Lipinski definition) is 2. The van der Waals surface area contributed by atoms with Crippen molar-refractivity contribution in [1.29, 1.82) is 0 Å². The largest absolute Gasteiger partial charge is 0.481 e. The summed E-state index contributed by atoms with van der Waals surface area (Å²) in [5.41, 5.74) is -0.544. The Labute approximate surface area is 127 Å². The van der Waals surface area contributed by atoms with Crippen molar-refractivity contribution < 1.29 is 14.7 Å². The molecule has 0 aromatic rings. The average Bonchev–Trinajstić information content (AvgIpc) is 3.19. The van der Waals surface area contributed by atoms with Gasteiger partial charge in [0.25, 0.3) is 0 Å². The van der Waals surface area contributed by atoms with Crippen LogP contribution in [0.2, 0.25) is 0 Å². The van der Waals surface area contributed by atoms with Gasteiger partial charge in [0.05, 0.1) is 12.0 Å². The Hall–Kier alpha value is -1.26. The maximum atomic E-state index is 12.6. The van der Waals surface area contributed by atoms with E-state index >= 15 is 0 Å². The van der Waals surface area contributed by atoms with E-state index in [1.807, 2.05) is 18.7 Å². The molecule has 2 N–H and O–H groups in total. The van der Waals surface area contributed by atoms with E-state index in [2.05, 4.69) is 5.32 Å². The van der Waals surface area contributed by atoms with Gasteiger partial charge in [-0.1, -0.05) is 19.3 Å². The van der Waals surface area contributed by atoms with E-state index in [0.29, 0.717) is 5.92 Å². The predicted molar refractivity (Wildman–Crippen MR) is 81.2 cm³/mol. The third-order valence-electron chi connectivity index (χ3n) is 4.71. The van der Waals surface area contributed by atoms with Gasteiger partial charge in [-0.25, -0.2) is 4.79 Å². The summed E-state index contributed by atoms with van der Waals surface area (Å²) >= 11 is 0. The van der Waals surface area contributed by atoms with Crippen molar-refractivity contribution in [2.75, 3.05) is 6.54 Å². The lowest BCUT2D eigenvalue weighted by Gasteiger charge is -2.39. The van der Waals surface area contributed by atoms with Crippen molar-refractivity contribution in [2.45, 2.75) is 76.8 Å². The highest BCUT2D eigenvalue weighted by molar-refractivity contribution is 5.77. The Bertz CT molecular complexity index is 385. The minimum Gasteiger partial charge on any atom is -0.481 e. The molecule has 0 aromatic carbocycles. The molecule has 5 heteroatoms. The van der Waals surface area contributed by atoms with Gasteiger partial charge in [-0.15, -0.1) is 0 Å². The van der Waals surface area contributed by atoms with Crippen molar-refractivity contribution in [3.8, 4) is 0 Å². The quantitative estimate of drug-likeness (QED) is 0.791. The van der Waals surface area contributed by atoms with Crippen LogP contribution in [0.5, 0.6) is 0 Å². The topological polar surface area (TPSA) is 69.6 Å². The van der Waals surface area contributed by atoms with Crippen LogP contribution in [0.15, 0.2) is 0 Å². The van der Waals surface area contributed by atoms with Crippen LogP contribution < -0.4 is 5.32 Å². The second-order valence-corrected chi connectivity index (χ2v) is 7.03. The van der Waals surface area contributed by atoms with Crippen LogP contribution in [0.1, 0.15) is 65.2 Å². The van der Waals surface area contributed by atoms with E-state index in [-0.39, 0.29) is 18.5 Å². The molecular weight excluding hydrogens is 268 g/mol. The summed E-state index contributed by atoms with van der Waals surface area (Å²) in [7, 11) is 0. The van der Waals surface area contributed by atoms with Gasteiger partial charge in [0.1, 0.15) is 0 Å². The van der Waals surface area contributed by atoms with Crippen LogP contribution >= 0.6 is 0 Å². The molecule has 2 amide bonds. The molecule has 120 valence electrons. The van der Waals surface area contributed by atoms with Gasteiger partial charge < -0.3 is 15.3 Å². The van der Waals surface area contributed by atoms with Crippen LogP contribution in [0, 0.1) is 5.92 Å². The molecule has 5 nitrogen and oxygen atoms in total. The third kappa shape index (κ3) is 4.61. The number of hydrogen-bond acceptors (Lipinski definition) is 2. The van der Waals surface area contributed by atoms with E-state index in [1.165, 1.54) is 12.8 Å². The second-order valence-electron chi connectivity index (χ2n) is 7.03. The van der Waals surface area contributed by atoms with Gasteiger partial charge >= 0.3 is 12.0 Å². The monoisotopic (exact) mass is 296 g/mol. The molecule has 0 bridgehead atoms. The summed E-state index contributed by atoms with van der Waals surface area (Å²) in [5.74, 6) is -0.185. The zero-order valence-corrected chi connectivity index (χ0v) is 13.2. The highest BCUT2D eigenvalue weighted by Crippen LogP contribution is 2.33. The molecule has 2 aliphatic rings. The number of carboxylic acids is 1. The highest BCUT2D eigenvalue weighted by Gasteiger charge is 2.38. The fourth-order valence-corrected chi connectivity index (χ4v) is 3.27. The number of aliphatic carboxylic acids is 1. The van der Waals surface area contributed by atoms with Crippen molar-refractivity contribution >= 4 is 12.0 Å². The lowest BCUT2D eigenvalue weighted by Crippen LogP contribution is -2.56. The smallest absolute Gasteiger partial charge is 0.318 e. The minimum absolute atomic E-state index is 0.0358. The number of nitrogens with one attached hydrogen (secondary N) is 1. The molecule has 0 heterocycles. The molecule has 0 aliphatic heterocycles. The lowest BCUT2D eigenvalue weighted by molar-refractivity contribution is -0.139. The van der Waals surface area contributed by atoms with Crippen molar-refractivity contribution in [3.63, 3.8) is 0 Å². The number of urea groups is 1. The fraction of sp³-hybridized carbons (Fsp3) is 0.875. The molecule has 0 spiro atoms. The van der Waals surface area contributed by atoms with Crippen LogP contribution in [0.4, 0.5) is 4.79 Å².